The first-order valence-corrected chi connectivity index (χ1v) is 10.5. The van der Waals surface area contributed by atoms with E-state index in [0.717, 1.165) is 18.2 Å². The molecule has 0 radical (unpaired) electrons. The van der Waals surface area contributed by atoms with Gasteiger partial charge in [0.25, 0.3) is 10.0 Å². The van der Waals surface area contributed by atoms with E-state index in [-0.39, 0.29) is 16.9 Å². The average Bonchev–Trinajstić information content (AvgIpc) is 3.21. The molecule has 12 heteroatoms. The zero-order valence-corrected chi connectivity index (χ0v) is 17.1. The van der Waals surface area contributed by atoms with Gasteiger partial charge in [0.1, 0.15) is 5.69 Å². The molecule has 0 fully saturated rings. The van der Waals surface area contributed by atoms with Gasteiger partial charge in [0.05, 0.1) is 22.3 Å². The van der Waals surface area contributed by atoms with E-state index in [9.17, 15) is 26.4 Å². The molecular weight excluding hydrogens is 447 g/mol. The van der Waals surface area contributed by atoms with Crippen LogP contribution in [0.3, 0.4) is 0 Å². The molecule has 0 aliphatic heterocycles. The van der Waals surface area contributed by atoms with Crippen molar-refractivity contribution in [2.24, 2.45) is 0 Å². The SMILES string of the molecule is Cc1cnc(C(=O)c2ccnc3[nH]ncc23)c(NS(=O)(=O)c2cccc(C(F)(F)F)c2)c1. The highest BCUT2D eigenvalue weighted by molar-refractivity contribution is 7.92. The number of nitrogens with one attached hydrogen (secondary N) is 2. The molecule has 4 aromatic rings. The van der Waals surface area contributed by atoms with Gasteiger partial charge in [-0.15, -0.1) is 0 Å². The Balaban J connectivity index is 1.76. The Morgan fingerprint density at radius 3 is 2.62 bits per heavy atom. The van der Waals surface area contributed by atoms with Crippen molar-refractivity contribution in [3.8, 4) is 0 Å². The fourth-order valence-corrected chi connectivity index (χ4v) is 4.15. The summed E-state index contributed by atoms with van der Waals surface area (Å²) in [5.74, 6) is -0.611. The molecule has 3 aromatic heterocycles. The van der Waals surface area contributed by atoms with Crippen LogP contribution in [-0.4, -0.2) is 34.4 Å². The Morgan fingerprint density at radius 2 is 1.88 bits per heavy atom. The fraction of sp³-hybridized carbons (Fsp3) is 0.100. The van der Waals surface area contributed by atoms with Crippen LogP contribution in [0, 0.1) is 6.92 Å². The summed E-state index contributed by atoms with van der Waals surface area (Å²) < 4.78 is 66.9. The minimum absolute atomic E-state index is 0.166. The Hall–Kier alpha value is -3.80. The van der Waals surface area contributed by atoms with Crippen LogP contribution in [0.5, 0.6) is 0 Å². The lowest BCUT2D eigenvalue weighted by atomic mass is 10.0. The highest BCUT2D eigenvalue weighted by Crippen LogP contribution is 2.31. The van der Waals surface area contributed by atoms with Gasteiger partial charge in [-0.3, -0.25) is 19.6 Å². The molecule has 164 valence electrons. The van der Waals surface area contributed by atoms with Gasteiger partial charge in [0.15, 0.2) is 5.65 Å². The number of aromatic amines is 1. The second-order valence-electron chi connectivity index (χ2n) is 6.86. The van der Waals surface area contributed by atoms with Gasteiger partial charge in [-0.1, -0.05) is 6.07 Å². The molecule has 4 rings (SSSR count). The third-order valence-corrected chi connectivity index (χ3v) is 5.92. The molecular formula is C20H14F3N5O3S. The molecule has 0 atom stereocenters. The first kappa shape index (κ1) is 21.4. The fourth-order valence-electron chi connectivity index (χ4n) is 3.05. The number of hydrogen-bond acceptors (Lipinski definition) is 6. The molecule has 0 aliphatic carbocycles. The number of hydrogen-bond donors (Lipinski definition) is 2. The molecule has 32 heavy (non-hydrogen) atoms. The standard InChI is InChI=1S/C20H14F3N5O3S/c1-11-7-16(28-32(30,31)13-4-2-3-12(8-13)20(21,22)23)17(25-9-11)18(29)14-5-6-24-19-15(14)10-26-27-19/h2-10,28H,1H3,(H,24,26,27). The number of aromatic nitrogens is 4. The number of halogens is 3. The number of ketones is 1. The van der Waals surface area contributed by atoms with Crippen LogP contribution in [0.2, 0.25) is 0 Å². The summed E-state index contributed by atoms with van der Waals surface area (Å²) in [6.07, 6.45) is -0.553. The number of carbonyl (C=O) groups excluding carboxylic acids is 1. The maximum absolute atomic E-state index is 13.2. The van der Waals surface area contributed by atoms with Gasteiger partial charge in [-0.25, -0.2) is 13.4 Å². The second-order valence-corrected chi connectivity index (χ2v) is 8.54. The number of sulfonamides is 1. The number of benzene rings is 1. The summed E-state index contributed by atoms with van der Waals surface area (Å²) in [5.41, 5.74) is -0.431. The molecule has 0 saturated carbocycles. The monoisotopic (exact) mass is 461 g/mol. The van der Waals surface area contributed by atoms with Crippen molar-refractivity contribution in [1.29, 1.82) is 0 Å². The lowest BCUT2D eigenvalue weighted by Gasteiger charge is -2.14. The number of pyridine rings is 2. The number of alkyl halides is 3. The van der Waals surface area contributed by atoms with Gasteiger partial charge in [0, 0.05) is 23.3 Å². The molecule has 0 saturated heterocycles. The minimum Gasteiger partial charge on any atom is -0.287 e. The minimum atomic E-state index is -4.71. The number of rotatable bonds is 5. The second kappa shape index (κ2) is 7.71. The maximum Gasteiger partial charge on any atom is 0.416 e. The van der Waals surface area contributed by atoms with E-state index >= 15 is 0 Å². The molecule has 3 heterocycles. The van der Waals surface area contributed by atoms with Crippen molar-refractivity contribution < 1.29 is 26.4 Å². The third-order valence-electron chi connectivity index (χ3n) is 4.55. The lowest BCUT2D eigenvalue weighted by molar-refractivity contribution is -0.137. The third kappa shape index (κ3) is 4.04. The Kier molecular flexibility index (Phi) is 5.17. The smallest absolute Gasteiger partial charge is 0.287 e. The van der Waals surface area contributed by atoms with Crippen LogP contribution in [0.25, 0.3) is 11.0 Å². The van der Waals surface area contributed by atoms with Gasteiger partial charge in [-0.2, -0.15) is 18.3 Å². The number of anilines is 1. The summed E-state index contributed by atoms with van der Waals surface area (Å²) in [5, 5.41) is 6.88. The molecule has 0 aliphatic rings. The molecule has 0 spiro atoms. The van der Waals surface area contributed by atoms with Gasteiger partial charge >= 0.3 is 6.18 Å². The Morgan fingerprint density at radius 1 is 1.09 bits per heavy atom. The van der Waals surface area contributed by atoms with Crippen molar-refractivity contribution in [2.75, 3.05) is 4.72 Å². The van der Waals surface area contributed by atoms with E-state index in [1.54, 1.807) is 6.92 Å². The van der Waals surface area contributed by atoms with Crippen LogP contribution in [0.4, 0.5) is 18.9 Å². The quantitative estimate of drug-likeness (QED) is 0.438. The van der Waals surface area contributed by atoms with Crippen LogP contribution in [0.15, 0.2) is 59.9 Å². The molecule has 1 aromatic carbocycles. The van der Waals surface area contributed by atoms with Crippen LogP contribution in [-0.2, 0) is 16.2 Å². The summed E-state index contributed by atoms with van der Waals surface area (Å²) in [4.78, 5) is 20.7. The number of carbonyl (C=O) groups is 1. The van der Waals surface area contributed by atoms with Gasteiger partial charge in [0.2, 0.25) is 5.78 Å². The number of fused-ring (bicyclic) bond motifs is 1. The summed E-state index contributed by atoms with van der Waals surface area (Å²) >= 11 is 0. The van der Waals surface area contributed by atoms with E-state index in [1.165, 1.54) is 30.7 Å². The molecule has 2 N–H and O–H groups in total. The van der Waals surface area contributed by atoms with Crippen molar-refractivity contribution in [3.63, 3.8) is 0 Å². The van der Waals surface area contributed by atoms with Crippen LogP contribution < -0.4 is 4.72 Å². The average molecular weight is 461 g/mol. The first-order valence-electron chi connectivity index (χ1n) is 9.06. The number of H-pyrrole nitrogens is 1. The largest absolute Gasteiger partial charge is 0.416 e. The zero-order valence-electron chi connectivity index (χ0n) is 16.3. The number of nitrogens with zero attached hydrogens (tertiary/aromatic N) is 3. The topological polar surface area (TPSA) is 118 Å². The van der Waals surface area contributed by atoms with E-state index in [2.05, 4.69) is 24.9 Å². The zero-order chi connectivity index (χ0) is 23.1. The van der Waals surface area contributed by atoms with Crippen molar-refractivity contribution in [2.45, 2.75) is 18.0 Å². The molecule has 0 unspecified atom stereocenters. The van der Waals surface area contributed by atoms with Crippen molar-refractivity contribution in [3.05, 3.63) is 77.4 Å². The Labute approximate surface area is 179 Å². The van der Waals surface area contributed by atoms with Crippen LogP contribution >= 0.6 is 0 Å². The van der Waals surface area contributed by atoms with E-state index in [1.807, 2.05) is 0 Å². The highest BCUT2D eigenvalue weighted by Gasteiger charge is 2.32. The normalized spacial score (nSPS) is 12.1. The Bertz CT molecular complexity index is 1450. The van der Waals surface area contributed by atoms with Gasteiger partial charge in [-0.05, 0) is 42.8 Å². The predicted octanol–water partition coefficient (Wildman–Crippen LogP) is 3.71. The maximum atomic E-state index is 13.2. The number of aryl methyl sites for hydroxylation is 1. The van der Waals surface area contributed by atoms with Crippen molar-refractivity contribution >= 4 is 32.5 Å². The van der Waals surface area contributed by atoms with E-state index < -0.39 is 32.4 Å². The summed E-state index contributed by atoms with van der Waals surface area (Å²) in [6, 6.07) is 6.11. The summed E-state index contributed by atoms with van der Waals surface area (Å²) in [6.45, 7) is 1.63. The predicted molar refractivity (Wildman–Crippen MR) is 109 cm³/mol. The molecule has 8 nitrogen and oxygen atoms in total. The summed E-state index contributed by atoms with van der Waals surface area (Å²) in [7, 11) is -4.46. The molecule has 0 amide bonds. The highest BCUT2D eigenvalue weighted by atomic mass is 32.2. The van der Waals surface area contributed by atoms with E-state index in [0.29, 0.717) is 22.7 Å². The van der Waals surface area contributed by atoms with Crippen LogP contribution in [0.1, 0.15) is 27.2 Å². The molecule has 0 bridgehead atoms. The van der Waals surface area contributed by atoms with E-state index in [4.69, 9.17) is 0 Å². The van der Waals surface area contributed by atoms with Gasteiger partial charge < -0.3 is 0 Å². The first-order chi connectivity index (χ1) is 15.1. The van der Waals surface area contributed by atoms with Crippen molar-refractivity contribution in [1.82, 2.24) is 20.2 Å². The lowest BCUT2D eigenvalue weighted by Crippen LogP contribution is -2.18.